The minimum Gasteiger partial charge on any atom is -0.480 e. The predicted molar refractivity (Wildman–Crippen MR) is 152 cm³/mol. The van der Waals surface area contributed by atoms with E-state index in [9.17, 15) is 33.0 Å². The number of carbonyl (C=O) groups is 1. The van der Waals surface area contributed by atoms with Crippen LogP contribution >= 0.6 is 0 Å². The molecule has 0 spiro atoms. The summed E-state index contributed by atoms with van der Waals surface area (Å²) in [5.41, 5.74) is 0.751. The number of aromatic nitrogens is 3. The standard InChI is InChI=1S/C30H28F3N5O5/c1-17-9-18(25-13-34-16-43-25)11-19(10-17)27-22-3-2-7-37(15-26(40)41)28(22)29(42)38(35-27)24-12-20(36-8-6-21(39)14-36)4-5-23(24)30(31,32)33/h4-5,9-13,16,21,39H,2-3,6-8,14-15H2,1H3,(H,40,41). The van der Waals surface area contributed by atoms with Crippen molar-refractivity contribution in [1.82, 2.24) is 14.8 Å². The van der Waals surface area contributed by atoms with Crippen molar-refractivity contribution < 1.29 is 32.6 Å². The van der Waals surface area contributed by atoms with Gasteiger partial charge in [0.25, 0.3) is 5.56 Å². The molecule has 1 atom stereocenters. The van der Waals surface area contributed by atoms with E-state index in [0.717, 1.165) is 16.3 Å². The first-order chi connectivity index (χ1) is 20.5. The topological polar surface area (TPSA) is 125 Å². The normalized spacial score (nSPS) is 16.9. The van der Waals surface area contributed by atoms with Gasteiger partial charge in [-0.15, -0.1) is 0 Å². The number of hydrogen-bond acceptors (Lipinski definition) is 8. The third-order valence-electron chi connectivity index (χ3n) is 7.77. The fourth-order valence-corrected chi connectivity index (χ4v) is 5.91. The highest BCUT2D eigenvalue weighted by Gasteiger charge is 2.37. The van der Waals surface area contributed by atoms with Crippen LogP contribution in [0.5, 0.6) is 0 Å². The Labute approximate surface area is 243 Å². The number of β-amino-alcohol motifs (C(OH)–C–C–N with tert-alkyl or cyclic N) is 1. The van der Waals surface area contributed by atoms with Gasteiger partial charge in [0.15, 0.2) is 12.2 Å². The number of fused-ring (bicyclic) bond motifs is 1. The fourth-order valence-electron chi connectivity index (χ4n) is 5.91. The zero-order chi connectivity index (χ0) is 30.5. The van der Waals surface area contributed by atoms with Crippen LogP contribution < -0.4 is 15.4 Å². The molecule has 2 aliphatic heterocycles. The van der Waals surface area contributed by atoms with Crippen molar-refractivity contribution in [2.45, 2.75) is 38.5 Å². The zero-order valence-corrected chi connectivity index (χ0v) is 23.1. The van der Waals surface area contributed by atoms with Crippen LogP contribution in [0.2, 0.25) is 0 Å². The Bertz CT molecular complexity index is 1750. The third kappa shape index (κ3) is 5.47. The lowest BCUT2D eigenvalue weighted by Gasteiger charge is -2.31. The number of hydrogen-bond donors (Lipinski definition) is 2. The van der Waals surface area contributed by atoms with Crippen LogP contribution in [0.15, 0.2) is 58.2 Å². The molecular formula is C30H28F3N5O5. The number of aliphatic hydroxyl groups is 1. The van der Waals surface area contributed by atoms with Gasteiger partial charge in [0.2, 0.25) is 0 Å². The number of aliphatic hydroxyl groups excluding tert-OH is 1. The molecule has 1 unspecified atom stereocenters. The van der Waals surface area contributed by atoms with E-state index in [2.05, 4.69) is 10.1 Å². The van der Waals surface area contributed by atoms with Gasteiger partial charge in [-0.05, 0) is 68.1 Å². The van der Waals surface area contributed by atoms with Gasteiger partial charge in [-0.25, -0.2) is 4.98 Å². The van der Waals surface area contributed by atoms with Crippen molar-refractivity contribution in [3.63, 3.8) is 0 Å². The fraction of sp³-hybridized carbons (Fsp3) is 0.333. The van der Waals surface area contributed by atoms with Crippen LogP contribution in [0.25, 0.3) is 28.3 Å². The Hall–Kier alpha value is -4.65. The molecule has 4 heterocycles. The lowest BCUT2D eigenvalue weighted by atomic mass is 9.95. The monoisotopic (exact) mass is 595 g/mol. The number of rotatable bonds is 6. The number of benzene rings is 2. The van der Waals surface area contributed by atoms with Crippen molar-refractivity contribution in [1.29, 1.82) is 0 Å². The van der Waals surface area contributed by atoms with E-state index >= 15 is 0 Å². The maximum absolute atomic E-state index is 14.4. The van der Waals surface area contributed by atoms with Gasteiger partial charge in [-0.3, -0.25) is 9.59 Å². The smallest absolute Gasteiger partial charge is 0.418 e. The Balaban J connectivity index is 1.63. The number of aliphatic carboxylic acids is 1. The van der Waals surface area contributed by atoms with Crippen molar-refractivity contribution in [3.8, 4) is 28.3 Å². The molecular weight excluding hydrogens is 567 g/mol. The summed E-state index contributed by atoms with van der Waals surface area (Å²) in [5.74, 6) is -0.703. The van der Waals surface area contributed by atoms with E-state index in [1.54, 1.807) is 17.0 Å². The molecule has 4 aromatic rings. The van der Waals surface area contributed by atoms with Gasteiger partial charge in [-0.1, -0.05) is 0 Å². The molecule has 13 heteroatoms. The first-order valence-corrected chi connectivity index (χ1v) is 13.8. The lowest BCUT2D eigenvalue weighted by molar-refractivity contribution is -0.137. The number of anilines is 2. The van der Waals surface area contributed by atoms with Gasteiger partial charge in [0.1, 0.15) is 12.2 Å². The average molecular weight is 596 g/mol. The molecule has 2 aromatic carbocycles. The second kappa shape index (κ2) is 10.9. The second-order valence-corrected chi connectivity index (χ2v) is 10.9. The summed E-state index contributed by atoms with van der Waals surface area (Å²) in [7, 11) is 0. The Morgan fingerprint density at radius 2 is 1.93 bits per heavy atom. The highest BCUT2D eigenvalue weighted by molar-refractivity contribution is 5.79. The summed E-state index contributed by atoms with van der Waals surface area (Å²) < 4.78 is 49.4. The summed E-state index contributed by atoms with van der Waals surface area (Å²) in [6.07, 6.45) is -1.25. The van der Waals surface area contributed by atoms with Gasteiger partial charge in [-0.2, -0.15) is 23.0 Å². The van der Waals surface area contributed by atoms with Crippen LogP contribution in [0.3, 0.4) is 0 Å². The van der Waals surface area contributed by atoms with Crippen LogP contribution in [0.4, 0.5) is 24.5 Å². The highest BCUT2D eigenvalue weighted by Crippen LogP contribution is 2.39. The molecule has 2 aliphatic rings. The van der Waals surface area contributed by atoms with Crippen molar-refractivity contribution in [2.75, 3.05) is 36.0 Å². The van der Waals surface area contributed by atoms with Crippen molar-refractivity contribution in [2.24, 2.45) is 0 Å². The lowest BCUT2D eigenvalue weighted by Crippen LogP contribution is -2.41. The van der Waals surface area contributed by atoms with E-state index in [-0.39, 0.29) is 24.5 Å². The molecule has 43 heavy (non-hydrogen) atoms. The summed E-state index contributed by atoms with van der Waals surface area (Å²) in [4.78, 5) is 33.0. The number of carboxylic acid groups (broad SMARTS) is 1. The average Bonchev–Trinajstić information content (AvgIpc) is 3.64. The van der Waals surface area contributed by atoms with E-state index in [1.807, 2.05) is 13.0 Å². The maximum Gasteiger partial charge on any atom is 0.418 e. The van der Waals surface area contributed by atoms with Crippen molar-refractivity contribution >= 4 is 17.3 Å². The first-order valence-electron chi connectivity index (χ1n) is 13.8. The molecule has 2 N–H and O–H groups in total. The van der Waals surface area contributed by atoms with Gasteiger partial charge < -0.3 is 24.4 Å². The molecule has 0 aliphatic carbocycles. The van der Waals surface area contributed by atoms with E-state index < -0.39 is 41.6 Å². The molecule has 0 radical (unpaired) electrons. The highest BCUT2D eigenvalue weighted by atomic mass is 19.4. The van der Waals surface area contributed by atoms with Crippen LogP contribution in [-0.4, -0.2) is 63.2 Å². The molecule has 10 nitrogen and oxygen atoms in total. The largest absolute Gasteiger partial charge is 0.480 e. The molecule has 224 valence electrons. The Morgan fingerprint density at radius 1 is 1.14 bits per heavy atom. The molecule has 0 amide bonds. The summed E-state index contributed by atoms with van der Waals surface area (Å²) in [6, 6.07) is 8.90. The van der Waals surface area contributed by atoms with Gasteiger partial charge in [0, 0.05) is 42.0 Å². The maximum atomic E-state index is 14.4. The SMILES string of the molecule is Cc1cc(-c2cnco2)cc(-c2nn(-c3cc(N4CCC(O)C4)ccc3C(F)(F)F)c(=O)c3c2CCCN3CC(=O)O)c1. The molecule has 2 aromatic heterocycles. The predicted octanol–water partition coefficient (Wildman–Crippen LogP) is 4.29. The Morgan fingerprint density at radius 3 is 2.60 bits per heavy atom. The third-order valence-corrected chi connectivity index (χ3v) is 7.77. The van der Waals surface area contributed by atoms with Crippen LogP contribution in [-0.2, 0) is 17.4 Å². The zero-order valence-electron chi connectivity index (χ0n) is 23.1. The minimum atomic E-state index is -4.82. The van der Waals surface area contributed by atoms with Gasteiger partial charge in [0.05, 0.1) is 29.2 Å². The summed E-state index contributed by atoms with van der Waals surface area (Å²) in [6.45, 7) is 2.26. The number of nitrogens with zero attached hydrogens (tertiary/aromatic N) is 5. The number of aryl methyl sites for hydroxylation is 1. The first kappa shape index (κ1) is 28.5. The Kier molecular flexibility index (Phi) is 7.20. The number of alkyl halides is 3. The minimum absolute atomic E-state index is 0.0106. The second-order valence-electron chi connectivity index (χ2n) is 10.9. The molecule has 1 saturated heterocycles. The number of oxazole rings is 1. The molecule has 0 bridgehead atoms. The van der Waals surface area contributed by atoms with Crippen LogP contribution in [0, 0.1) is 6.92 Å². The van der Waals surface area contributed by atoms with E-state index in [4.69, 9.17) is 4.42 Å². The molecule has 1 fully saturated rings. The summed E-state index contributed by atoms with van der Waals surface area (Å²) >= 11 is 0. The van der Waals surface area contributed by atoms with Crippen LogP contribution in [0.1, 0.15) is 29.5 Å². The van der Waals surface area contributed by atoms with E-state index in [0.29, 0.717) is 53.9 Å². The van der Waals surface area contributed by atoms with Gasteiger partial charge >= 0.3 is 12.1 Å². The number of carboxylic acids is 1. The molecule has 6 rings (SSSR count). The van der Waals surface area contributed by atoms with E-state index in [1.165, 1.54) is 29.6 Å². The molecule has 0 saturated carbocycles. The summed E-state index contributed by atoms with van der Waals surface area (Å²) in [5, 5.41) is 24.2. The van der Waals surface area contributed by atoms with Crippen molar-refractivity contribution in [3.05, 3.63) is 76.0 Å². The number of halogens is 3. The quantitative estimate of drug-likeness (QED) is 0.336.